The van der Waals surface area contributed by atoms with Gasteiger partial charge in [0, 0.05) is 46.5 Å². The highest BCUT2D eigenvalue weighted by Crippen LogP contribution is 2.16. The van der Waals surface area contributed by atoms with E-state index in [2.05, 4.69) is 58.1 Å². The van der Waals surface area contributed by atoms with Gasteiger partial charge in [-0.15, -0.1) is 0 Å². The predicted molar refractivity (Wildman–Crippen MR) is 99.6 cm³/mol. The lowest BCUT2D eigenvalue weighted by Crippen LogP contribution is -2.41. The highest BCUT2D eigenvalue weighted by atomic mass is 16.5. The van der Waals surface area contributed by atoms with Crippen molar-refractivity contribution in [3.8, 4) is 0 Å². The van der Waals surface area contributed by atoms with Crippen LogP contribution in [0.25, 0.3) is 0 Å². The van der Waals surface area contributed by atoms with E-state index in [1.165, 1.54) is 18.4 Å². The zero-order valence-corrected chi connectivity index (χ0v) is 15.5. The average Bonchev–Trinajstić information content (AvgIpc) is 2.60. The summed E-state index contributed by atoms with van der Waals surface area (Å²) in [6, 6.07) is 4.21. The molecule has 0 bridgehead atoms. The Balaban J connectivity index is 1.94. The molecule has 1 aromatic rings. The molecule has 1 fully saturated rings. The largest absolute Gasteiger partial charge is 0.375 e. The van der Waals surface area contributed by atoms with Crippen LogP contribution in [0.5, 0.6) is 0 Å². The molecule has 1 atom stereocenters. The van der Waals surface area contributed by atoms with E-state index >= 15 is 0 Å². The SMILES string of the molecule is CCCCN(C)C(=NC)NCc1ccnc(N2CCOC(C)C2)c1. The van der Waals surface area contributed by atoms with Gasteiger partial charge in [-0.05, 0) is 31.0 Å². The first-order valence-corrected chi connectivity index (χ1v) is 8.87. The van der Waals surface area contributed by atoms with Crippen LogP contribution in [-0.4, -0.2) is 62.3 Å². The number of hydrogen-bond donors (Lipinski definition) is 1. The molecule has 1 aromatic heterocycles. The number of guanidine groups is 1. The summed E-state index contributed by atoms with van der Waals surface area (Å²) in [5.74, 6) is 1.96. The van der Waals surface area contributed by atoms with E-state index in [0.29, 0.717) is 0 Å². The summed E-state index contributed by atoms with van der Waals surface area (Å²) in [5, 5.41) is 3.44. The van der Waals surface area contributed by atoms with Gasteiger partial charge in [-0.25, -0.2) is 4.98 Å². The van der Waals surface area contributed by atoms with E-state index < -0.39 is 0 Å². The lowest BCUT2D eigenvalue weighted by atomic mass is 10.2. The molecule has 0 saturated carbocycles. The number of rotatable bonds is 6. The molecule has 0 spiro atoms. The Bertz CT molecular complexity index is 534. The van der Waals surface area contributed by atoms with Gasteiger partial charge in [0.05, 0.1) is 12.7 Å². The second-order valence-corrected chi connectivity index (χ2v) is 6.33. The number of aromatic nitrogens is 1. The van der Waals surface area contributed by atoms with Crippen LogP contribution in [0, 0.1) is 0 Å². The predicted octanol–water partition coefficient (Wildman–Crippen LogP) is 2.11. The van der Waals surface area contributed by atoms with Crippen molar-refractivity contribution in [2.75, 3.05) is 45.2 Å². The van der Waals surface area contributed by atoms with E-state index in [0.717, 1.165) is 44.6 Å². The van der Waals surface area contributed by atoms with Crippen LogP contribution in [0.3, 0.4) is 0 Å². The van der Waals surface area contributed by atoms with Crippen molar-refractivity contribution in [2.24, 2.45) is 4.99 Å². The van der Waals surface area contributed by atoms with E-state index in [4.69, 9.17) is 4.74 Å². The first kappa shape index (κ1) is 18.5. The van der Waals surface area contributed by atoms with Crippen molar-refractivity contribution in [1.82, 2.24) is 15.2 Å². The molecular weight excluding hydrogens is 302 g/mol. The van der Waals surface area contributed by atoms with Crippen molar-refractivity contribution in [3.05, 3.63) is 23.9 Å². The van der Waals surface area contributed by atoms with E-state index in [1.54, 1.807) is 0 Å². The summed E-state index contributed by atoms with van der Waals surface area (Å²) in [7, 11) is 3.91. The number of anilines is 1. The molecule has 6 heteroatoms. The molecule has 1 aliphatic rings. The van der Waals surface area contributed by atoms with Gasteiger partial charge >= 0.3 is 0 Å². The lowest BCUT2D eigenvalue weighted by Gasteiger charge is -2.32. The minimum Gasteiger partial charge on any atom is -0.375 e. The van der Waals surface area contributed by atoms with Crippen molar-refractivity contribution in [2.45, 2.75) is 39.3 Å². The Morgan fingerprint density at radius 1 is 1.54 bits per heavy atom. The smallest absolute Gasteiger partial charge is 0.193 e. The zero-order valence-electron chi connectivity index (χ0n) is 15.5. The molecule has 1 N–H and O–H groups in total. The second kappa shape index (κ2) is 9.47. The third-order valence-corrected chi connectivity index (χ3v) is 4.25. The third-order valence-electron chi connectivity index (χ3n) is 4.25. The number of unbranched alkanes of at least 4 members (excludes halogenated alkanes) is 1. The molecule has 0 radical (unpaired) electrons. The monoisotopic (exact) mass is 333 g/mol. The maximum absolute atomic E-state index is 5.61. The number of pyridine rings is 1. The molecule has 0 aromatic carbocycles. The Kier molecular flexibility index (Phi) is 7.31. The summed E-state index contributed by atoms with van der Waals surface area (Å²) < 4.78 is 5.61. The Morgan fingerprint density at radius 2 is 2.38 bits per heavy atom. The summed E-state index contributed by atoms with van der Waals surface area (Å²) in [4.78, 5) is 13.4. The molecule has 2 heterocycles. The minimum atomic E-state index is 0.258. The summed E-state index contributed by atoms with van der Waals surface area (Å²) in [5.41, 5.74) is 1.21. The van der Waals surface area contributed by atoms with Crippen LogP contribution < -0.4 is 10.2 Å². The fourth-order valence-electron chi connectivity index (χ4n) is 2.84. The van der Waals surface area contributed by atoms with Crippen LogP contribution in [0.2, 0.25) is 0 Å². The standard InChI is InChI=1S/C18H31N5O/c1-5-6-9-22(4)18(19-3)21-13-16-7-8-20-17(12-16)23-10-11-24-15(2)14-23/h7-8,12,15H,5-6,9-11,13-14H2,1-4H3,(H,19,21). The molecule has 1 unspecified atom stereocenters. The number of nitrogens with zero attached hydrogens (tertiary/aromatic N) is 4. The van der Waals surface area contributed by atoms with Crippen molar-refractivity contribution >= 4 is 11.8 Å². The summed E-state index contributed by atoms with van der Waals surface area (Å²) in [6.45, 7) is 8.63. The van der Waals surface area contributed by atoms with Gasteiger partial charge in [-0.2, -0.15) is 0 Å². The Labute approximate surface area is 145 Å². The lowest BCUT2D eigenvalue weighted by molar-refractivity contribution is 0.0529. The van der Waals surface area contributed by atoms with Gasteiger partial charge in [0.1, 0.15) is 5.82 Å². The maximum Gasteiger partial charge on any atom is 0.193 e. The fraction of sp³-hybridized carbons (Fsp3) is 0.667. The molecule has 2 rings (SSSR count). The molecule has 0 aliphatic carbocycles. The summed E-state index contributed by atoms with van der Waals surface area (Å²) in [6.07, 6.45) is 4.50. The molecule has 24 heavy (non-hydrogen) atoms. The quantitative estimate of drug-likeness (QED) is 0.638. The number of morpholine rings is 1. The highest BCUT2D eigenvalue weighted by molar-refractivity contribution is 5.79. The Morgan fingerprint density at radius 3 is 3.08 bits per heavy atom. The third kappa shape index (κ3) is 5.37. The topological polar surface area (TPSA) is 53.0 Å². The molecule has 134 valence electrons. The van der Waals surface area contributed by atoms with Gasteiger partial charge in [-0.3, -0.25) is 4.99 Å². The van der Waals surface area contributed by atoms with Crippen molar-refractivity contribution in [3.63, 3.8) is 0 Å². The number of hydrogen-bond acceptors (Lipinski definition) is 4. The highest BCUT2D eigenvalue weighted by Gasteiger charge is 2.18. The van der Waals surface area contributed by atoms with Gasteiger partial charge in [0.25, 0.3) is 0 Å². The summed E-state index contributed by atoms with van der Waals surface area (Å²) >= 11 is 0. The van der Waals surface area contributed by atoms with Crippen LogP contribution >= 0.6 is 0 Å². The van der Waals surface area contributed by atoms with E-state index in [9.17, 15) is 0 Å². The average molecular weight is 333 g/mol. The second-order valence-electron chi connectivity index (χ2n) is 6.33. The van der Waals surface area contributed by atoms with Crippen LogP contribution in [-0.2, 0) is 11.3 Å². The van der Waals surface area contributed by atoms with Gasteiger partial charge in [-0.1, -0.05) is 13.3 Å². The van der Waals surface area contributed by atoms with Gasteiger partial charge in [0.15, 0.2) is 5.96 Å². The fourth-order valence-corrected chi connectivity index (χ4v) is 2.84. The van der Waals surface area contributed by atoms with E-state index in [-0.39, 0.29) is 6.10 Å². The van der Waals surface area contributed by atoms with Gasteiger partial charge < -0.3 is 19.9 Å². The number of nitrogens with one attached hydrogen (secondary N) is 1. The normalized spacial score (nSPS) is 18.6. The zero-order chi connectivity index (χ0) is 17.4. The number of ether oxygens (including phenoxy) is 1. The van der Waals surface area contributed by atoms with Crippen molar-refractivity contribution < 1.29 is 4.74 Å². The van der Waals surface area contributed by atoms with Crippen molar-refractivity contribution in [1.29, 1.82) is 0 Å². The minimum absolute atomic E-state index is 0.258. The molecule has 0 amide bonds. The number of aliphatic imine (C=N–C) groups is 1. The van der Waals surface area contributed by atoms with Crippen LogP contribution in [0.4, 0.5) is 5.82 Å². The van der Waals surface area contributed by atoms with Gasteiger partial charge in [0.2, 0.25) is 0 Å². The molecule has 1 saturated heterocycles. The van der Waals surface area contributed by atoms with Crippen LogP contribution in [0.1, 0.15) is 32.3 Å². The molecule has 6 nitrogen and oxygen atoms in total. The maximum atomic E-state index is 5.61. The van der Waals surface area contributed by atoms with E-state index in [1.807, 2.05) is 13.2 Å². The first-order valence-electron chi connectivity index (χ1n) is 8.87. The van der Waals surface area contributed by atoms with Crippen LogP contribution in [0.15, 0.2) is 23.3 Å². The molecule has 1 aliphatic heterocycles. The molecular formula is C18H31N5O. The first-order chi connectivity index (χ1) is 11.6. The Hall–Kier alpha value is -1.82.